The van der Waals surface area contributed by atoms with Gasteiger partial charge in [0.05, 0.1) is 30.6 Å². The number of pyridine rings is 2. The Morgan fingerprint density at radius 1 is 1.05 bits per heavy atom. The molecular weight excluding hydrogens is 552 g/mol. The van der Waals surface area contributed by atoms with Gasteiger partial charge in [0.25, 0.3) is 0 Å². The molecule has 1 aromatic carbocycles. The normalized spacial score (nSPS) is 24.7. The number of hydrogen-bond donors (Lipinski definition) is 1. The van der Waals surface area contributed by atoms with Crippen LogP contribution in [-0.4, -0.2) is 95.5 Å². The summed E-state index contributed by atoms with van der Waals surface area (Å²) in [5, 5.41) is 17.9. The number of piperazine rings is 1. The Labute approximate surface area is 257 Å². The Morgan fingerprint density at radius 2 is 1.91 bits per heavy atom. The van der Waals surface area contributed by atoms with Crippen LogP contribution >= 0.6 is 0 Å². The van der Waals surface area contributed by atoms with Crippen molar-refractivity contribution in [3.8, 4) is 28.8 Å². The quantitative estimate of drug-likeness (QED) is 0.315. The monoisotopic (exact) mass is 590 g/mol. The molecule has 0 aliphatic carbocycles. The molecule has 0 amide bonds. The molecular formula is C34H38N8O2. The number of anilines is 1. The van der Waals surface area contributed by atoms with Crippen LogP contribution in [0.3, 0.4) is 0 Å². The van der Waals surface area contributed by atoms with Crippen LogP contribution in [0.2, 0.25) is 0 Å². The van der Waals surface area contributed by atoms with Crippen molar-refractivity contribution in [3.63, 3.8) is 0 Å². The van der Waals surface area contributed by atoms with E-state index in [1.807, 2.05) is 18.5 Å². The van der Waals surface area contributed by atoms with Gasteiger partial charge in [-0.1, -0.05) is 18.2 Å². The predicted molar refractivity (Wildman–Crippen MR) is 168 cm³/mol. The molecule has 9 rings (SSSR count). The van der Waals surface area contributed by atoms with Crippen molar-refractivity contribution >= 4 is 11.2 Å². The second kappa shape index (κ2) is 11.4. The minimum Gasteiger partial charge on any atom is -0.491 e. The Balaban J connectivity index is 0.950. The average molecular weight is 591 g/mol. The average Bonchev–Trinajstić information content (AvgIpc) is 3.79. The summed E-state index contributed by atoms with van der Waals surface area (Å²) in [6.07, 6.45) is 7.98. The van der Waals surface area contributed by atoms with E-state index in [4.69, 9.17) is 9.47 Å². The first kappa shape index (κ1) is 27.4. The lowest BCUT2D eigenvalue weighted by Gasteiger charge is -2.57. The lowest BCUT2D eigenvalue weighted by Crippen LogP contribution is -2.68. The third kappa shape index (κ3) is 5.05. The highest BCUT2D eigenvalue weighted by Gasteiger charge is 2.44. The highest BCUT2D eigenvalue weighted by molar-refractivity contribution is 5.85. The van der Waals surface area contributed by atoms with E-state index in [0.717, 1.165) is 74.1 Å². The first-order valence-electron chi connectivity index (χ1n) is 15.8. The highest BCUT2D eigenvalue weighted by Crippen LogP contribution is 2.37. The van der Waals surface area contributed by atoms with Crippen LogP contribution in [0.1, 0.15) is 24.0 Å². The SMILES string of the molecule is COc1ccc(CN2C3CC2CN(c2ccc(-c4cc(OCCN5CC6CCNC6C5)cn5ncc(C#N)c45)cc2)C3)cn1. The summed E-state index contributed by atoms with van der Waals surface area (Å²) in [5.74, 6) is 2.20. The second-order valence-electron chi connectivity index (χ2n) is 12.6. The van der Waals surface area contributed by atoms with Gasteiger partial charge < -0.3 is 19.7 Å². The van der Waals surface area contributed by atoms with Crippen LogP contribution in [0, 0.1) is 17.2 Å². The lowest BCUT2D eigenvalue weighted by molar-refractivity contribution is -0.00851. The van der Waals surface area contributed by atoms with Gasteiger partial charge in [0.1, 0.15) is 18.4 Å². The number of aromatic nitrogens is 3. The van der Waals surface area contributed by atoms with Crippen molar-refractivity contribution in [2.75, 3.05) is 57.9 Å². The van der Waals surface area contributed by atoms with Crippen LogP contribution in [0.4, 0.5) is 5.69 Å². The van der Waals surface area contributed by atoms with Gasteiger partial charge in [0.2, 0.25) is 5.88 Å². The second-order valence-corrected chi connectivity index (χ2v) is 12.6. The summed E-state index contributed by atoms with van der Waals surface area (Å²) in [7, 11) is 1.65. The molecule has 10 heteroatoms. The number of methoxy groups -OCH3 is 1. The maximum atomic E-state index is 9.81. The zero-order chi connectivity index (χ0) is 29.6. The molecule has 5 fully saturated rings. The molecule has 10 nitrogen and oxygen atoms in total. The van der Waals surface area contributed by atoms with Gasteiger partial charge in [-0.3, -0.25) is 9.80 Å². The minimum atomic E-state index is 0.547. The van der Waals surface area contributed by atoms with E-state index in [1.165, 1.54) is 24.1 Å². The summed E-state index contributed by atoms with van der Waals surface area (Å²) < 4.78 is 13.3. The van der Waals surface area contributed by atoms with E-state index >= 15 is 0 Å². The van der Waals surface area contributed by atoms with Gasteiger partial charge >= 0.3 is 0 Å². The summed E-state index contributed by atoms with van der Waals surface area (Å²) in [5.41, 5.74) is 5.85. The first-order chi connectivity index (χ1) is 21.6. The molecule has 8 heterocycles. The fraction of sp³-hybridized carbons (Fsp3) is 0.441. The maximum Gasteiger partial charge on any atom is 0.212 e. The zero-order valence-electron chi connectivity index (χ0n) is 25.1. The molecule has 0 radical (unpaired) electrons. The van der Waals surface area contributed by atoms with Crippen LogP contribution in [-0.2, 0) is 6.54 Å². The third-order valence-corrected chi connectivity index (χ3v) is 10.1. The van der Waals surface area contributed by atoms with Crippen LogP contribution in [0.25, 0.3) is 16.6 Å². The number of nitriles is 1. The maximum absolute atomic E-state index is 9.81. The third-order valence-electron chi connectivity index (χ3n) is 10.1. The molecule has 5 aliphatic heterocycles. The van der Waals surface area contributed by atoms with E-state index in [1.54, 1.807) is 17.8 Å². The summed E-state index contributed by atoms with van der Waals surface area (Å²) in [6, 6.07) is 18.9. The molecule has 5 saturated heterocycles. The number of ether oxygens (including phenoxy) is 2. The van der Waals surface area contributed by atoms with Crippen molar-refractivity contribution in [2.24, 2.45) is 5.92 Å². The number of hydrogen-bond acceptors (Lipinski definition) is 9. The van der Waals surface area contributed by atoms with Crippen molar-refractivity contribution in [3.05, 3.63) is 72.2 Å². The standard InChI is InChI=1S/C34H38N8O2/c1-43-33-7-2-23(15-37-33)17-41-28-12-29(41)20-40(19-28)27-5-3-24(4-6-27)31-13-30(21-42-34(31)26(14-35)16-38-42)44-11-10-39-18-25-8-9-36-32(25)22-39/h2-7,13,15-16,21,25,28-29,32,36H,8-12,17-20,22H2,1H3. The van der Waals surface area contributed by atoms with Gasteiger partial charge in [-0.15, -0.1) is 0 Å². The molecule has 0 spiro atoms. The largest absolute Gasteiger partial charge is 0.491 e. The van der Waals surface area contributed by atoms with Gasteiger partial charge in [-0.2, -0.15) is 10.4 Å². The fourth-order valence-corrected chi connectivity index (χ4v) is 7.74. The Bertz CT molecular complexity index is 1660. The molecule has 5 aliphatic rings. The molecule has 226 valence electrons. The van der Waals surface area contributed by atoms with E-state index in [2.05, 4.69) is 72.6 Å². The fourth-order valence-electron chi connectivity index (χ4n) is 7.74. The van der Waals surface area contributed by atoms with Crippen molar-refractivity contribution in [1.29, 1.82) is 5.26 Å². The van der Waals surface area contributed by atoms with Crippen molar-refractivity contribution in [2.45, 2.75) is 37.5 Å². The highest BCUT2D eigenvalue weighted by atomic mass is 16.5. The van der Waals surface area contributed by atoms with Gasteiger partial charge in [0.15, 0.2) is 0 Å². The van der Waals surface area contributed by atoms with Crippen LogP contribution in [0.5, 0.6) is 11.6 Å². The number of nitrogens with one attached hydrogen (secondary N) is 1. The molecule has 0 saturated carbocycles. The molecule has 1 N–H and O–H groups in total. The van der Waals surface area contributed by atoms with Crippen LogP contribution in [0.15, 0.2) is 61.1 Å². The summed E-state index contributed by atoms with van der Waals surface area (Å²) >= 11 is 0. The number of likely N-dealkylation sites (tertiary alicyclic amines) is 1. The number of fused-ring (bicyclic) bond motifs is 4. The summed E-state index contributed by atoms with van der Waals surface area (Å²) in [4.78, 5) is 12.0. The number of nitrogens with zero attached hydrogens (tertiary/aromatic N) is 7. The van der Waals surface area contributed by atoms with Crippen molar-refractivity contribution < 1.29 is 9.47 Å². The molecule has 4 aromatic rings. The number of benzene rings is 1. The van der Waals surface area contributed by atoms with E-state index in [9.17, 15) is 5.26 Å². The Morgan fingerprint density at radius 3 is 2.66 bits per heavy atom. The first-order valence-corrected chi connectivity index (χ1v) is 15.8. The van der Waals surface area contributed by atoms with E-state index < -0.39 is 0 Å². The number of rotatable bonds is 9. The van der Waals surface area contributed by atoms with Gasteiger partial charge in [-0.25, -0.2) is 9.50 Å². The zero-order valence-corrected chi connectivity index (χ0v) is 25.1. The molecule has 3 aromatic heterocycles. The minimum absolute atomic E-state index is 0.547. The predicted octanol–water partition coefficient (Wildman–Crippen LogP) is 3.41. The smallest absolute Gasteiger partial charge is 0.212 e. The van der Waals surface area contributed by atoms with Gasteiger partial charge in [0, 0.05) is 80.9 Å². The van der Waals surface area contributed by atoms with Gasteiger partial charge in [-0.05, 0) is 54.6 Å². The summed E-state index contributed by atoms with van der Waals surface area (Å²) in [6.45, 7) is 7.90. The van der Waals surface area contributed by atoms with Crippen molar-refractivity contribution in [1.82, 2.24) is 29.7 Å². The Hall–Kier alpha value is -4.17. The van der Waals surface area contributed by atoms with E-state index in [0.29, 0.717) is 36.2 Å². The van der Waals surface area contributed by atoms with Crippen LogP contribution < -0.4 is 19.7 Å². The Kier molecular flexibility index (Phi) is 7.09. The molecule has 2 bridgehead atoms. The molecule has 4 unspecified atom stereocenters. The molecule has 44 heavy (non-hydrogen) atoms. The number of piperidine rings is 1. The molecule has 4 atom stereocenters. The van der Waals surface area contributed by atoms with E-state index in [-0.39, 0.29) is 0 Å². The lowest BCUT2D eigenvalue weighted by atomic mass is 9.86. The topological polar surface area (TPSA) is 94.2 Å².